The maximum Gasteiger partial charge on any atom is 0.230 e. The highest BCUT2D eigenvalue weighted by Crippen LogP contribution is 2.24. The van der Waals surface area contributed by atoms with E-state index in [-0.39, 0.29) is 11.7 Å². The van der Waals surface area contributed by atoms with E-state index in [1.165, 1.54) is 23.9 Å². The Morgan fingerprint density at radius 3 is 2.71 bits per heavy atom. The summed E-state index contributed by atoms with van der Waals surface area (Å²) >= 11 is 7.26. The summed E-state index contributed by atoms with van der Waals surface area (Å²) in [4.78, 5) is 11.8. The molecule has 0 radical (unpaired) electrons. The topological polar surface area (TPSA) is 38.3 Å². The van der Waals surface area contributed by atoms with E-state index in [9.17, 15) is 9.18 Å². The average molecular weight is 368 g/mol. The number of nitrogens with one attached hydrogen (secondary N) is 1. The van der Waals surface area contributed by atoms with Gasteiger partial charge in [-0.05, 0) is 42.3 Å². The van der Waals surface area contributed by atoms with Crippen molar-refractivity contribution in [1.82, 2.24) is 5.32 Å². The van der Waals surface area contributed by atoms with Crippen molar-refractivity contribution in [3.63, 3.8) is 0 Å². The first-order chi connectivity index (χ1) is 11.6. The van der Waals surface area contributed by atoms with Gasteiger partial charge in [0.05, 0.1) is 12.9 Å². The van der Waals surface area contributed by atoms with Gasteiger partial charge >= 0.3 is 0 Å². The van der Waals surface area contributed by atoms with Gasteiger partial charge < -0.3 is 10.1 Å². The SMILES string of the molecule is COc1ccc(F)cc1CSCC(=O)NCCc1ccc(Cl)cc1. The molecule has 2 aromatic carbocycles. The summed E-state index contributed by atoms with van der Waals surface area (Å²) in [6.45, 7) is 0.574. The maximum absolute atomic E-state index is 13.3. The van der Waals surface area contributed by atoms with E-state index >= 15 is 0 Å². The molecule has 3 nitrogen and oxygen atoms in total. The highest BCUT2D eigenvalue weighted by Gasteiger charge is 2.07. The minimum Gasteiger partial charge on any atom is -0.496 e. The Bertz CT molecular complexity index is 679. The van der Waals surface area contributed by atoms with E-state index in [1.54, 1.807) is 13.2 Å². The van der Waals surface area contributed by atoms with Crippen LogP contribution in [0.1, 0.15) is 11.1 Å². The molecule has 128 valence electrons. The van der Waals surface area contributed by atoms with Crippen molar-refractivity contribution in [3.8, 4) is 5.75 Å². The molecule has 0 atom stereocenters. The van der Waals surface area contributed by atoms with Crippen molar-refractivity contribution in [1.29, 1.82) is 0 Å². The second-order valence-electron chi connectivity index (χ2n) is 5.18. The van der Waals surface area contributed by atoms with Gasteiger partial charge in [-0.3, -0.25) is 4.79 Å². The Morgan fingerprint density at radius 1 is 1.25 bits per heavy atom. The fraction of sp³-hybridized carbons (Fsp3) is 0.278. The highest BCUT2D eigenvalue weighted by atomic mass is 35.5. The molecule has 0 spiro atoms. The van der Waals surface area contributed by atoms with Crippen LogP contribution in [-0.4, -0.2) is 25.3 Å². The predicted molar refractivity (Wildman–Crippen MR) is 97.3 cm³/mol. The van der Waals surface area contributed by atoms with Crippen LogP contribution in [0.3, 0.4) is 0 Å². The Morgan fingerprint density at radius 2 is 2.00 bits per heavy atom. The molecule has 1 amide bonds. The van der Waals surface area contributed by atoms with E-state index in [1.807, 2.05) is 24.3 Å². The predicted octanol–water partition coefficient (Wildman–Crippen LogP) is 4.08. The van der Waals surface area contributed by atoms with Crippen LogP contribution < -0.4 is 10.1 Å². The summed E-state index contributed by atoms with van der Waals surface area (Å²) in [5, 5.41) is 3.57. The molecule has 0 fully saturated rings. The van der Waals surface area contributed by atoms with Gasteiger partial charge in [0.25, 0.3) is 0 Å². The molecule has 2 rings (SSSR count). The molecule has 0 unspecified atom stereocenters. The molecule has 0 saturated heterocycles. The van der Waals surface area contributed by atoms with Crippen LogP contribution in [0.4, 0.5) is 4.39 Å². The number of carbonyl (C=O) groups excluding carboxylic acids is 1. The minimum absolute atomic E-state index is 0.0377. The normalized spacial score (nSPS) is 10.5. The quantitative estimate of drug-likeness (QED) is 0.764. The van der Waals surface area contributed by atoms with Gasteiger partial charge in [-0.25, -0.2) is 4.39 Å². The number of methoxy groups -OCH3 is 1. The summed E-state index contributed by atoms with van der Waals surface area (Å²) in [5.74, 6) is 1.13. The Kier molecular flexibility index (Phi) is 7.40. The lowest BCUT2D eigenvalue weighted by Crippen LogP contribution is -2.27. The third kappa shape index (κ3) is 6.06. The average Bonchev–Trinajstić information content (AvgIpc) is 2.57. The third-order valence-corrected chi connectivity index (χ3v) is 4.62. The highest BCUT2D eigenvalue weighted by molar-refractivity contribution is 7.99. The van der Waals surface area contributed by atoms with Crippen LogP contribution in [-0.2, 0) is 17.0 Å². The number of carbonyl (C=O) groups is 1. The van der Waals surface area contributed by atoms with E-state index in [4.69, 9.17) is 16.3 Å². The molecule has 2 aromatic rings. The molecule has 1 N–H and O–H groups in total. The van der Waals surface area contributed by atoms with E-state index in [2.05, 4.69) is 5.32 Å². The molecule has 0 heterocycles. The molecule has 0 bridgehead atoms. The van der Waals surface area contributed by atoms with Crippen molar-refractivity contribution in [3.05, 3.63) is 64.4 Å². The van der Waals surface area contributed by atoms with E-state index < -0.39 is 0 Å². The fourth-order valence-corrected chi connectivity index (χ4v) is 3.12. The molecule has 0 aliphatic rings. The van der Waals surface area contributed by atoms with Crippen molar-refractivity contribution >= 4 is 29.3 Å². The monoisotopic (exact) mass is 367 g/mol. The van der Waals surface area contributed by atoms with Crippen LogP contribution in [0.15, 0.2) is 42.5 Å². The molecular formula is C18H19ClFNO2S. The lowest BCUT2D eigenvalue weighted by atomic mass is 10.1. The molecule has 0 aliphatic carbocycles. The lowest BCUT2D eigenvalue weighted by molar-refractivity contribution is -0.118. The molecular weight excluding hydrogens is 349 g/mol. The summed E-state index contributed by atoms with van der Waals surface area (Å²) < 4.78 is 18.5. The van der Waals surface area contributed by atoms with E-state index in [0.717, 1.165) is 17.5 Å². The minimum atomic E-state index is -0.307. The van der Waals surface area contributed by atoms with Gasteiger partial charge in [0.2, 0.25) is 5.91 Å². The van der Waals surface area contributed by atoms with Crippen molar-refractivity contribution in [2.24, 2.45) is 0 Å². The number of thioether (sulfide) groups is 1. The number of amides is 1. The van der Waals surface area contributed by atoms with Crippen molar-refractivity contribution in [2.45, 2.75) is 12.2 Å². The number of halogens is 2. The molecule has 6 heteroatoms. The summed E-state index contributed by atoms with van der Waals surface area (Å²) in [5.41, 5.74) is 1.87. The van der Waals surface area contributed by atoms with Gasteiger partial charge in [0.1, 0.15) is 11.6 Å². The number of hydrogen-bond donors (Lipinski definition) is 1. The summed E-state index contributed by atoms with van der Waals surface area (Å²) in [7, 11) is 1.55. The second-order valence-corrected chi connectivity index (χ2v) is 6.60. The summed E-state index contributed by atoms with van der Waals surface area (Å²) in [6, 6.07) is 11.9. The van der Waals surface area contributed by atoms with Crippen LogP contribution in [0, 0.1) is 5.82 Å². The third-order valence-electron chi connectivity index (χ3n) is 3.38. The number of rotatable bonds is 8. The first-order valence-corrected chi connectivity index (χ1v) is 9.03. The van der Waals surface area contributed by atoms with Gasteiger partial charge in [-0.15, -0.1) is 11.8 Å². The van der Waals surface area contributed by atoms with Crippen LogP contribution in [0.25, 0.3) is 0 Å². The van der Waals surface area contributed by atoms with Crippen LogP contribution in [0.2, 0.25) is 5.02 Å². The molecule has 0 aliphatic heterocycles. The van der Waals surface area contributed by atoms with Crippen molar-refractivity contribution < 1.29 is 13.9 Å². The van der Waals surface area contributed by atoms with Crippen molar-refractivity contribution in [2.75, 3.05) is 19.4 Å². The zero-order valence-electron chi connectivity index (χ0n) is 13.4. The first-order valence-electron chi connectivity index (χ1n) is 7.50. The van der Waals surface area contributed by atoms with E-state index in [0.29, 0.717) is 28.8 Å². The van der Waals surface area contributed by atoms with Gasteiger partial charge in [0, 0.05) is 22.9 Å². The first kappa shape index (κ1) is 18.6. The summed E-state index contributed by atoms with van der Waals surface area (Å²) in [6.07, 6.45) is 0.755. The number of ether oxygens (including phenoxy) is 1. The number of benzene rings is 2. The van der Waals surface area contributed by atoms with Crippen LogP contribution >= 0.6 is 23.4 Å². The lowest BCUT2D eigenvalue weighted by Gasteiger charge is -2.09. The zero-order valence-corrected chi connectivity index (χ0v) is 14.9. The van der Waals surface area contributed by atoms with Gasteiger partial charge in [-0.1, -0.05) is 23.7 Å². The smallest absolute Gasteiger partial charge is 0.230 e. The van der Waals surface area contributed by atoms with Gasteiger partial charge in [-0.2, -0.15) is 0 Å². The fourth-order valence-electron chi connectivity index (χ4n) is 2.16. The van der Waals surface area contributed by atoms with Crippen LogP contribution in [0.5, 0.6) is 5.75 Å². The standard InChI is InChI=1S/C18H19ClFNO2S/c1-23-17-7-6-16(20)10-14(17)11-24-12-18(22)21-9-8-13-2-4-15(19)5-3-13/h2-7,10H,8-9,11-12H2,1H3,(H,21,22). The Balaban J connectivity index is 1.70. The molecule has 0 aromatic heterocycles. The number of hydrogen-bond acceptors (Lipinski definition) is 3. The second kappa shape index (κ2) is 9.55. The molecule has 0 saturated carbocycles. The maximum atomic E-state index is 13.3. The Labute approximate surface area is 150 Å². The molecule has 24 heavy (non-hydrogen) atoms. The Hall–Kier alpha value is -1.72. The largest absolute Gasteiger partial charge is 0.496 e. The van der Waals surface area contributed by atoms with Gasteiger partial charge in [0.15, 0.2) is 0 Å². The zero-order chi connectivity index (χ0) is 17.4.